The van der Waals surface area contributed by atoms with Gasteiger partial charge in [0.1, 0.15) is 0 Å². The summed E-state index contributed by atoms with van der Waals surface area (Å²) in [7, 11) is 0. The third-order valence-corrected chi connectivity index (χ3v) is 10.5. The minimum Gasteiger partial charge on any atom is -0.0654 e. The quantitative estimate of drug-likeness (QED) is 0.180. The van der Waals surface area contributed by atoms with Crippen LogP contribution in [0.2, 0.25) is 0 Å². The monoisotopic (exact) mass is 559 g/mol. The van der Waals surface area contributed by atoms with Crippen molar-refractivity contribution in [2.75, 3.05) is 0 Å². The van der Waals surface area contributed by atoms with Crippen LogP contribution in [-0.4, -0.2) is 0 Å². The van der Waals surface area contributed by atoms with Crippen molar-refractivity contribution in [3.63, 3.8) is 0 Å². The molecule has 0 fully saturated rings. The fourth-order valence-electron chi connectivity index (χ4n) is 7.90. The average Bonchev–Trinajstić information content (AvgIpc) is 3.21. The first-order valence-electron chi connectivity index (χ1n) is 17.7. The minimum atomic E-state index is 0.0934. The second-order valence-corrected chi connectivity index (χ2v) is 15.7. The van der Waals surface area contributed by atoms with Gasteiger partial charge in [-0.1, -0.05) is 183 Å². The second kappa shape index (κ2) is 14.8. The van der Waals surface area contributed by atoms with Gasteiger partial charge in [-0.3, -0.25) is 0 Å². The van der Waals surface area contributed by atoms with E-state index in [-0.39, 0.29) is 16.2 Å². The molecule has 2 atom stereocenters. The van der Waals surface area contributed by atoms with Crippen LogP contribution >= 0.6 is 0 Å². The van der Waals surface area contributed by atoms with Gasteiger partial charge in [-0.2, -0.15) is 0 Å². The molecule has 1 aliphatic rings. The van der Waals surface area contributed by atoms with Crippen molar-refractivity contribution in [3.05, 3.63) is 58.7 Å². The maximum absolute atomic E-state index is 2.67. The van der Waals surface area contributed by atoms with E-state index in [0.717, 1.165) is 0 Å². The molecule has 0 bridgehead atoms. The highest BCUT2D eigenvalue weighted by Gasteiger charge is 2.51. The van der Waals surface area contributed by atoms with Gasteiger partial charge in [0.15, 0.2) is 0 Å². The number of hydrogen-bond acceptors (Lipinski definition) is 0. The van der Waals surface area contributed by atoms with Crippen LogP contribution in [0.5, 0.6) is 0 Å². The largest absolute Gasteiger partial charge is 0.0654 e. The molecule has 0 heterocycles. The summed E-state index contributed by atoms with van der Waals surface area (Å²) < 4.78 is 0. The Morgan fingerprint density at radius 2 is 0.976 bits per heavy atom. The molecular formula is C41H66. The Morgan fingerprint density at radius 1 is 0.561 bits per heavy atom. The molecule has 0 aromatic heterocycles. The third kappa shape index (κ3) is 7.70. The fourth-order valence-corrected chi connectivity index (χ4v) is 7.90. The Hall–Kier alpha value is -1.56. The van der Waals surface area contributed by atoms with E-state index in [2.05, 4.69) is 106 Å². The number of rotatable bonds is 16. The lowest BCUT2D eigenvalue weighted by atomic mass is 9.57. The summed E-state index contributed by atoms with van der Waals surface area (Å²) in [5.74, 6) is 1.30. The molecule has 0 nitrogen and oxygen atoms in total. The van der Waals surface area contributed by atoms with Gasteiger partial charge in [0, 0.05) is 5.41 Å². The smallest absolute Gasteiger partial charge is 0.0268 e. The van der Waals surface area contributed by atoms with Crippen LogP contribution in [0.1, 0.15) is 181 Å². The summed E-state index contributed by atoms with van der Waals surface area (Å²) in [4.78, 5) is 0. The topological polar surface area (TPSA) is 0 Å². The summed E-state index contributed by atoms with van der Waals surface area (Å²) in [6, 6.07) is 15.2. The predicted molar refractivity (Wildman–Crippen MR) is 184 cm³/mol. The van der Waals surface area contributed by atoms with Crippen LogP contribution < -0.4 is 0 Å². The third-order valence-electron chi connectivity index (χ3n) is 10.5. The van der Waals surface area contributed by atoms with Gasteiger partial charge in [-0.15, -0.1) is 0 Å². The maximum atomic E-state index is 2.67. The molecule has 3 rings (SSSR count). The van der Waals surface area contributed by atoms with Crippen molar-refractivity contribution in [2.45, 2.75) is 175 Å². The molecule has 0 heteroatoms. The van der Waals surface area contributed by atoms with Crippen molar-refractivity contribution >= 4 is 0 Å². The lowest BCUT2D eigenvalue weighted by Crippen LogP contribution is -2.41. The van der Waals surface area contributed by atoms with Gasteiger partial charge >= 0.3 is 0 Å². The number of benzene rings is 2. The first-order chi connectivity index (χ1) is 19.4. The van der Waals surface area contributed by atoms with Crippen LogP contribution in [0.25, 0.3) is 11.1 Å². The van der Waals surface area contributed by atoms with E-state index in [1.165, 1.54) is 112 Å². The zero-order chi connectivity index (χ0) is 30.3. The Labute approximate surface area is 256 Å². The predicted octanol–water partition coefficient (Wildman–Crippen LogP) is 13.3. The first kappa shape index (κ1) is 33.9. The Morgan fingerprint density at radius 3 is 1.39 bits per heavy atom. The Bertz CT molecular complexity index is 1010. The minimum absolute atomic E-state index is 0.0934. The van der Waals surface area contributed by atoms with E-state index < -0.39 is 0 Å². The highest BCUT2D eigenvalue weighted by molar-refractivity contribution is 5.82. The van der Waals surface area contributed by atoms with E-state index in [9.17, 15) is 0 Å². The van der Waals surface area contributed by atoms with Gasteiger partial charge in [0.2, 0.25) is 0 Å². The van der Waals surface area contributed by atoms with Crippen LogP contribution in [0.4, 0.5) is 0 Å². The standard InChI is InChI=1S/C41H66/c1-11-14-16-18-20-21-23-31(4)41(32(13-3)24-22-19-17-15-12-2)37-29-33(39(5,6)7)25-27-35(37)36-28-26-34(30-38(36)41)40(8,9)10/h25-32H,11-24H2,1-10H3. The molecule has 41 heavy (non-hydrogen) atoms. The van der Waals surface area contributed by atoms with E-state index in [0.29, 0.717) is 11.8 Å². The maximum Gasteiger partial charge on any atom is 0.0268 e. The van der Waals surface area contributed by atoms with Gasteiger partial charge in [-0.25, -0.2) is 0 Å². The molecule has 0 aliphatic heterocycles. The molecule has 1 aliphatic carbocycles. The first-order valence-corrected chi connectivity index (χ1v) is 17.7. The van der Waals surface area contributed by atoms with E-state index in [1.54, 1.807) is 11.1 Å². The van der Waals surface area contributed by atoms with E-state index in [1.807, 2.05) is 0 Å². The SMILES string of the molecule is CCCCCCCCC(C)C1(C(CC)CCCCCCC)c2cc(C(C)(C)C)ccc2-c2ccc(C(C)(C)C)cc21. The van der Waals surface area contributed by atoms with Crippen molar-refractivity contribution in [2.24, 2.45) is 11.8 Å². The lowest BCUT2D eigenvalue weighted by Gasteiger charge is -2.45. The molecule has 2 aromatic rings. The fraction of sp³-hybridized carbons (Fsp3) is 0.707. The Kier molecular flexibility index (Phi) is 12.2. The van der Waals surface area contributed by atoms with Crippen LogP contribution in [0.3, 0.4) is 0 Å². The highest BCUT2D eigenvalue weighted by Crippen LogP contribution is 2.60. The molecule has 0 N–H and O–H groups in total. The molecule has 0 radical (unpaired) electrons. The van der Waals surface area contributed by atoms with Crippen LogP contribution in [-0.2, 0) is 16.2 Å². The summed E-state index contributed by atoms with van der Waals surface area (Å²) in [5.41, 5.74) is 9.74. The molecule has 0 amide bonds. The molecule has 2 unspecified atom stereocenters. The van der Waals surface area contributed by atoms with Gasteiger partial charge in [0.05, 0.1) is 0 Å². The summed E-state index contributed by atoms with van der Waals surface area (Å²) in [6.07, 6.45) is 19.1. The van der Waals surface area contributed by atoms with Crippen molar-refractivity contribution < 1.29 is 0 Å². The molecule has 2 aromatic carbocycles. The molecule has 0 saturated carbocycles. The zero-order valence-corrected chi connectivity index (χ0v) is 29.0. The van der Waals surface area contributed by atoms with Gasteiger partial charge in [0.25, 0.3) is 0 Å². The molecular weight excluding hydrogens is 492 g/mol. The highest BCUT2D eigenvalue weighted by atomic mass is 14.5. The van der Waals surface area contributed by atoms with Crippen molar-refractivity contribution in [1.29, 1.82) is 0 Å². The van der Waals surface area contributed by atoms with Crippen molar-refractivity contribution in [3.8, 4) is 11.1 Å². The molecule has 0 saturated heterocycles. The summed E-state index contributed by atoms with van der Waals surface area (Å²) >= 11 is 0. The molecule has 230 valence electrons. The number of fused-ring (bicyclic) bond motifs is 3. The lowest BCUT2D eigenvalue weighted by molar-refractivity contribution is 0.195. The zero-order valence-electron chi connectivity index (χ0n) is 29.0. The summed E-state index contributed by atoms with van der Waals surface area (Å²) in [5, 5.41) is 0. The van der Waals surface area contributed by atoms with E-state index >= 15 is 0 Å². The molecule has 0 spiro atoms. The van der Waals surface area contributed by atoms with E-state index in [4.69, 9.17) is 0 Å². The Balaban J connectivity index is 2.18. The van der Waals surface area contributed by atoms with Crippen LogP contribution in [0, 0.1) is 11.8 Å². The van der Waals surface area contributed by atoms with Gasteiger partial charge < -0.3 is 0 Å². The van der Waals surface area contributed by atoms with Crippen LogP contribution in [0.15, 0.2) is 36.4 Å². The average molecular weight is 559 g/mol. The second-order valence-electron chi connectivity index (χ2n) is 15.7. The number of unbranched alkanes of at least 4 members (excludes halogenated alkanes) is 9. The van der Waals surface area contributed by atoms with Crippen molar-refractivity contribution in [1.82, 2.24) is 0 Å². The normalized spacial score (nSPS) is 16.0. The van der Waals surface area contributed by atoms with Gasteiger partial charge in [-0.05, 0) is 68.9 Å². The summed E-state index contributed by atoms with van der Waals surface area (Å²) in [6.45, 7) is 24.1. The number of hydrogen-bond donors (Lipinski definition) is 0.